The van der Waals surface area contributed by atoms with E-state index in [-0.39, 0.29) is 24.2 Å². The van der Waals surface area contributed by atoms with E-state index >= 15 is 0 Å². The van der Waals surface area contributed by atoms with Gasteiger partial charge in [0.05, 0.1) is 5.92 Å². The summed E-state index contributed by atoms with van der Waals surface area (Å²) in [4.78, 5) is 25.3. The van der Waals surface area contributed by atoms with E-state index in [0.717, 1.165) is 6.42 Å². The molecule has 0 saturated carbocycles. The zero-order valence-corrected chi connectivity index (χ0v) is 10.6. The number of hydrogen-bond donors (Lipinski definition) is 1. The molecule has 2 amide bonds. The molecular formula is C12H17N3O3. The molecule has 1 aliphatic rings. The number of amides is 2. The molecule has 0 unspecified atom stereocenters. The van der Waals surface area contributed by atoms with E-state index in [1.165, 1.54) is 0 Å². The number of rotatable bonds is 4. The third-order valence-electron chi connectivity index (χ3n) is 2.96. The van der Waals surface area contributed by atoms with Crippen molar-refractivity contribution in [3.8, 4) is 0 Å². The lowest BCUT2D eigenvalue weighted by Crippen LogP contribution is -2.28. The highest BCUT2D eigenvalue weighted by atomic mass is 16.5. The maximum atomic E-state index is 11.9. The Labute approximate surface area is 105 Å². The Kier molecular flexibility index (Phi) is 3.64. The van der Waals surface area contributed by atoms with Crippen molar-refractivity contribution in [2.45, 2.75) is 26.7 Å². The van der Waals surface area contributed by atoms with Gasteiger partial charge in [0.2, 0.25) is 11.8 Å². The second-order valence-corrected chi connectivity index (χ2v) is 4.55. The van der Waals surface area contributed by atoms with Crippen molar-refractivity contribution in [1.29, 1.82) is 0 Å². The van der Waals surface area contributed by atoms with Crippen LogP contribution in [0.5, 0.6) is 0 Å². The highest BCUT2D eigenvalue weighted by Crippen LogP contribution is 2.20. The highest BCUT2D eigenvalue weighted by molar-refractivity contribution is 5.96. The number of likely N-dealkylation sites (tertiary alicyclic amines) is 1. The molecule has 98 valence electrons. The Morgan fingerprint density at radius 1 is 1.67 bits per heavy atom. The van der Waals surface area contributed by atoms with Gasteiger partial charge in [-0.25, -0.2) is 0 Å². The summed E-state index contributed by atoms with van der Waals surface area (Å²) in [5.41, 5.74) is 0. The van der Waals surface area contributed by atoms with Crippen LogP contribution >= 0.6 is 0 Å². The molecule has 2 heterocycles. The van der Waals surface area contributed by atoms with Crippen LogP contribution in [-0.4, -0.2) is 35.0 Å². The van der Waals surface area contributed by atoms with Crippen molar-refractivity contribution in [3.05, 3.63) is 11.8 Å². The smallest absolute Gasteiger partial charge is 0.231 e. The molecule has 1 atom stereocenters. The molecule has 1 aromatic rings. The molecule has 1 fully saturated rings. The van der Waals surface area contributed by atoms with E-state index < -0.39 is 0 Å². The van der Waals surface area contributed by atoms with Gasteiger partial charge >= 0.3 is 0 Å². The Morgan fingerprint density at radius 2 is 2.44 bits per heavy atom. The van der Waals surface area contributed by atoms with E-state index in [9.17, 15) is 9.59 Å². The SMILES string of the molecule is CCCN1C[C@H](C(=O)Nc2cc(C)on2)CC1=O. The summed E-state index contributed by atoms with van der Waals surface area (Å²) in [6.07, 6.45) is 1.19. The largest absolute Gasteiger partial charge is 0.360 e. The summed E-state index contributed by atoms with van der Waals surface area (Å²) in [6, 6.07) is 1.65. The van der Waals surface area contributed by atoms with Crippen LogP contribution in [-0.2, 0) is 9.59 Å². The molecule has 6 heteroatoms. The number of aryl methyl sites for hydroxylation is 1. The van der Waals surface area contributed by atoms with Crippen LogP contribution in [0, 0.1) is 12.8 Å². The first kappa shape index (κ1) is 12.6. The van der Waals surface area contributed by atoms with Gasteiger partial charge in [0.1, 0.15) is 5.76 Å². The molecule has 1 N–H and O–H groups in total. The number of anilines is 1. The quantitative estimate of drug-likeness (QED) is 0.871. The van der Waals surface area contributed by atoms with Gasteiger partial charge in [-0.05, 0) is 13.3 Å². The minimum Gasteiger partial charge on any atom is -0.360 e. The number of carbonyl (C=O) groups is 2. The van der Waals surface area contributed by atoms with Crippen molar-refractivity contribution < 1.29 is 14.1 Å². The van der Waals surface area contributed by atoms with Crippen LogP contribution in [0.3, 0.4) is 0 Å². The zero-order chi connectivity index (χ0) is 13.1. The number of aromatic nitrogens is 1. The number of carbonyl (C=O) groups excluding carboxylic acids is 2. The second-order valence-electron chi connectivity index (χ2n) is 4.55. The van der Waals surface area contributed by atoms with Crippen LogP contribution in [0.4, 0.5) is 5.82 Å². The van der Waals surface area contributed by atoms with Gasteiger partial charge in [-0.15, -0.1) is 0 Å². The van der Waals surface area contributed by atoms with E-state index in [4.69, 9.17) is 4.52 Å². The molecule has 1 aliphatic heterocycles. The predicted molar refractivity (Wildman–Crippen MR) is 64.8 cm³/mol. The lowest BCUT2D eigenvalue weighted by atomic mass is 10.1. The first-order valence-electron chi connectivity index (χ1n) is 6.12. The number of nitrogens with one attached hydrogen (secondary N) is 1. The van der Waals surface area contributed by atoms with Crippen molar-refractivity contribution in [3.63, 3.8) is 0 Å². The molecule has 1 saturated heterocycles. The third-order valence-corrected chi connectivity index (χ3v) is 2.96. The summed E-state index contributed by atoms with van der Waals surface area (Å²) in [5, 5.41) is 6.36. The summed E-state index contributed by atoms with van der Waals surface area (Å²) in [7, 11) is 0. The average Bonchev–Trinajstić information content (AvgIpc) is 2.87. The molecular weight excluding hydrogens is 234 g/mol. The minimum absolute atomic E-state index is 0.0494. The lowest BCUT2D eigenvalue weighted by Gasteiger charge is -2.14. The summed E-state index contributed by atoms with van der Waals surface area (Å²) in [5.74, 6) is 0.629. The van der Waals surface area contributed by atoms with E-state index in [1.54, 1.807) is 17.9 Å². The second kappa shape index (κ2) is 5.20. The maximum absolute atomic E-state index is 11.9. The summed E-state index contributed by atoms with van der Waals surface area (Å²) < 4.78 is 4.87. The van der Waals surface area contributed by atoms with E-state index in [1.807, 2.05) is 6.92 Å². The van der Waals surface area contributed by atoms with E-state index in [0.29, 0.717) is 24.7 Å². The average molecular weight is 251 g/mol. The fourth-order valence-electron chi connectivity index (χ4n) is 2.09. The van der Waals surface area contributed by atoms with Gasteiger partial charge in [-0.1, -0.05) is 12.1 Å². The Balaban J connectivity index is 1.92. The van der Waals surface area contributed by atoms with Crippen molar-refractivity contribution in [2.24, 2.45) is 5.92 Å². The Bertz CT molecular complexity index is 455. The Hall–Kier alpha value is -1.85. The van der Waals surface area contributed by atoms with Crippen LogP contribution in [0.2, 0.25) is 0 Å². The van der Waals surface area contributed by atoms with E-state index in [2.05, 4.69) is 10.5 Å². The Morgan fingerprint density at radius 3 is 3.06 bits per heavy atom. The van der Waals surface area contributed by atoms with Gasteiger partial charge in [0.25, 0.3) is 0 Å². The van der Waals surface area contributed by atoms with Crippen molar-refractivity contribution in [1.82, 2.24) is 10.1 Å². The molecule has 2 rings (SSSR count). The monoisotopic (exact) mass is 251 g/mol. The molecule has 0 radical (unpaired) electrons. The topological polar surface area (TPSA) is 75.4 Å². The normalized spacial score (nSPS) is 19.3. The number of hydrogen-bond acceptors (Lipinski definition) is 4. The lowest BCUT2D eigenvalue weighted by molar-refractivity contribution is -0.128. The van der Waals surface area contributed by atoms with Gasteiger partial charge in [-0.3, -0.25) is 9.59 Å². The molecule has 0 aromatic carbocycles. The van der Waals surface area contributed by atoms with Crippen LogP contribution in [0.1, 0.15) is 25.5 Å². The number of nitrogens with zero attached hydrogens (tertiary/aromatic N) is 2. The maximum Gasteiger partial charge on any atom is 0.231 e. The van der Waals surface area contributed by atoms with Crippen LogP contribution in [0.25, 0.3) is 0 Å². The molecule has 0 aliphatic carbocycles. The molecule has 6 nitrogen and oxygen atoms in total. The fourth-order valence-corrected chi connectivity index (χ4v) is 2.09. The van der Waals surface area contributed by atoms with Crippen molar-refractivity contribution in [2.75, 3.05) is 18.4 Å². The summed E-state index contributed by atoms with van der Waals surface area (Å²) in [6.45, 7) is 4.98. The molecule has 0 bridgehead atoms. The first-order chi connectivity index (χ1) is 8.60. The fraction of sp³-hybridized carbons (Fsp3) is 0.583. The zero-order valence-electron chi connectivity index (χ0n) is 10.6. The molecule has 0 spiro atoms. The van der Waals surface area contributed by atoms with Gasteiger partial charge in [-0.2, -0.15) is 0 Å². The molecule has 18 heavy (non-hydrogen) atoms. The van der Waals surface area contributed by atoms with Gasteiger partial charge in [0, 0.05) is 25.6 Å². The third kappa shape index (κ3) is 2.69. The van der Waals surface area contributed by atoms with Crippen LogP contribution < -0.4 is 5.32 Å². The predicted octanol–water partition coefficient (Wildman–Crippen LogP) is 1.18. The van der Waals surface area contributed by atoms with Crippen LogP contribution in [0.15, 0.2) is 10.6 Å². The highest BCUT2D eigenvalue weighted by Gasteiger charge is 2.33. The first-order valence-corrected chi connectivity index (χ1v) is 6.12. The van der Waals surface area contributed by atoms with Crippen molar-refractivity contribution >= 4 is 17.6 Å². The standard InChI is InChI=1S/C12H17N3O3/c1-3-4-15-7-9(6-11(15)16)12(17)13-10-5-8(2)18-14-10/h5,9H,3-4,6-7H2,1-2H3,(H,13,14,17)/t9-/m1/s1. The van der Waals surface area contributed by atoms with Gasteiger partial charge in [0.15, 0.2) is 5.82 Å². The van der Waals surface area contributed by atoms with Gasteiger partial charge < -0.3 is 14.7 Å². The summed E-state index contributed by atoms with van der Waals surface area (Å²) >= 11 is 0. The minimum atomic E-state index is -0.291. The molecule has 1 aromatic heterocycles.